The van der Waals surface area contributed by atoms with Gasteiger partial charge in [0, 0.05) is 37.3 Å². The van der Waals surface area contributed by atoms with E-state index >= 15 is 0 Å². The molecule has 2 aromatic heterocycles. The molecule has 2 aliphatic heterocycles. The van der Waals surface area contributed by atoms with Gasteiger partial charge < -0.3 is 19.2 Å². The number of hydrogen-bond donors (Lipinski definition) is 2. The average molecular weight is 360 g/mol. The number of H-pyrrole nitrogens is 1. The van der Waals surface area contributed by atoms with Gasteiger partial charge in [0.05, 0.1) is 32.5 Å². The summed E-state index contributed by atoms with van der Waals surface area (Å²) < 4.78 is 16.7. The van der Waals surface area contributed by atoms with E-state index in [2.05, 4.69) is 20.4 Å². The van der Waals surface area contributed by atoms with E-state index in [0.29, 0.717) is 38.7 Å². The van der Waals surface area contributed by atoms with Crippen LogP contribution in [0.1, 0.15) is 39.3 Å². The van der Waals surface area contributed by atoms with Gasteiger partial charge in [-0.25, -0.2) is 0 Å². The van der Waals surface area contributed by atoms with Crippen molar-refractivity contribution in [2.45, 2.75) is 26.0 Å². The van der Waals surface area contributed by atoms with Gasteiger partial charge in [-0.1, -0.05) is 0 Å². The number of aryl methyl sites for hydroxylation is 1. The molecule has 0 aliphatic carbocycles. The van der Waals surface area contributed by atoms with E-state index in [1.807, 2.05) is 19.1 Å². The Balaban J connectivity index is 1.47. The van der Waals surface area contributed by atoms with E-state index in [0.717, 1.165) is 42.3 Å². The Kier molecular flexibility index (Phi) is 5.05. The lowest BCUT2D eigenvalue weighted by molar-refractivity contribution is 0.0116. The number of nitrogens with zero attached hydrogens (tertiary/aromatic N) is 2. The molecule has 0 saturated carbocycles. The van der Waals surface area contributed by atoms with Crippen molar-refractivity contribution in [2.24, 2.45) is 0 Å². The lowest BCUT2D eigenvalue weighted by Crippen LogP contribution is -2.43. The molecule has 0 radical (unpaired) electrons. The van der Waals surface area contributed by atoms with Gasteiger partial charge in [0.25, 0.3) is 5.91 Å². The molecule has 1 atom stereocenters. The van der Waals surface area contributed by atoms with Gasteiger partial charge in [-0.2, -0.15) is 5.10 Å². The largest absolute Gasteiger partial charge is 0.465 e. The molecule has 4 rings (SSSR count). The molecular weight excluding hydrogens is 336 g/mol. The van der Waals surface area contributed by atoms with Crippen LogP contribution in [0.4, 0.5) is 0 Å². The van der Waals surface area contributed by atoms with Crippen LogP contribution in [0, 0.1) is 6.92 Å². The lowest BCUT2D eigenvalue weighted by Gasteiger charge is -2.33. The summed E-state index contributed by atoms with van der Waals surface area (Å²) in [7, 11) is 0. The Morgan fingerprint density at radius 2 is 2.15 bits per heavy atom. The maximum Gasteiger partial charge on any atom is 0.272 e. The molecule has 2 N–H and O–H groups in total. The summed E-state index contributed by atoms with van der Waals surface area (Å²) in [6.45, 7) is 6.47. The Labute approximate surface area is 151 Å². The van der Waals surface area contributed by atoms with E-state index < -0.39 is 0 Å². The van der Waals surface area contributed by atoms with Crippen molar-refractivity contribution in [3.63, 3.8) is 0 Å². The molecule has 0 bridgehead atoms. The first-order valence-corrected chi connectivity index (χ1v) is 9.02. The number of aromatic amines is 1. The minimum absolute atomic E-state index is 0.0254. The van der Waals surface area contributed by atoms with Crippen molar-refractivity contribution in [1.29, 1.82) is 0 Å². The number of morpholine rings is 1. The molecule has 26 heavy (non-hydrogen) atoms. The molecule has 0 aromatic carbocycles. The van der Waals surface area contributed by atoms with Crippen molar-refractivity contribution in [3.8, 4) is 0 Å². The summed E-state index contributed by atoms with van der Waals surface area (Å²) in [5.41, 5.74) is 2.29. The first-order chi connectivity index (χ1) is 12.7. The van der Waals surface area contributed by atoms with Crippen LogP contribution in [-0.4, -0.2) is 60.5 Å². The van der Waals surface area contributed by atoms with Crippen LogP contribution >= 0.6 is 0 Å². The van der Waals surface area contributed by atoms with Gasteiger partial charge >= 0.3 is 0 Å². The number of fused-ring (bicyclic) bond motifs is 1. The molecule has 0 unspecified atom stereocenters. The summed E-state index contributed by atoms with van der Waals surface area (Å²) >= 11 is 0. The summed E-state index contributed by atoms with van der Waals surface area (Å²) in [5, 5.41) is 10.2. The molecule has 2 aliphatic rings. The third-order valence-corrected chi connectivity index (χ3v) is 4.94. The molecule has 140 valence electrons. The quantitative estimate of drug-likeness (QED) is 0.832. The number of furan rings is 1. The first kappa shape index (κ1) is 17.3. The number of aromatic nitrogens is 2. The van der Waals surface area contributed by atoms with E-state index in [4.69, 9.17) is 13.9 Å². The number of amides is 1. The third kappa shape index (κ3) is 3.53. The average Bonchev–Trinajstić information content (AvgIpc) is 3.29. The van der Waals surface area contributed by atoms with Crippen LogP contribution in [0.5, 0.6) is 0 Å². The highest BCUT2D eigenvalue weighted by molar-refractivity contribution is 5.94. The minimum Gasteiger partial charge on any atom is -0.465 e. The molecule has 2 aromatic rings. The Morgan fingerprint density at radius 3 is 2.92 bits per heavy atom. The maximum absolute atomic E-state index is 12.7. The van der Waals surface area contributed by atoms with Crippen molar-refractivity contribution < 1.29 is 18.7 Å². The fourth-order valence-electron chi connectivity index (χ4n) is 3.50. The summed E-state index contributed by atoms with van der Waals surface area (Å²) in [4.78, 5) is 15.0. The number of carbonyl (C=O) groups is 1. The van der Waals surface area contributed by atoms with Crippen molar-refractivity contribution in [3.05, 3.63) is 40.6 Å². The Morgan fingerprint density at radius 1 is 1.31 bits per heavy atom. The molecule has 8 heteroatoms. The molecule has 1 amide bonds. The van der Waals surface area contributed by atoms with Crippen LogP contribution in [0.15, 0.2) is 16.5 Å². The second-order valence-corrected chi connectivity index (χ2v) is 6.65. The zero-order valence-corrected chi connectivity index (χ0v) is 14.9. The lowest BCUT2D eigenvalue weighted by atomic mass is 10.1. The van der Waals surface area contributed by atoms with Crippen molar-refractivity contribution in [2.75, 3.05) is 39.5 Å². The monoisotopic (exact) mass is 360 g/mol. The predicted octanol–water partition coefficient (Wildman–Crippen LogP) is 1.19. The predicted molar refractivity (Wildman–Crippen MR) is 92.9 cm³/mol. The summed E-state index contributed by atoms with van der Waals surface area (Å²) in [6.07, 6.45) is 0.762. The van der Waals surface area contributed by atoms with Gasteiger partial charge in [-0.3, -0.25) is 14.8 Å². The standard InChI is InChI=1S/C18H24N4O4/c1-12-2-3-16(26-12)15(22-5-8-24-9-6-22)10-19-18(23)17-13-11-25-7-4-14(13)20-21-17/h2-3,15H,4-11H2,1H3,(H,19,23)(H,20,21)/t15-/m0/s1. The highest BCUT2D eigenvalue weighted by Crippen LogP contribution is 2.24. The fourth-order valence-corrected chi connectivity index (χ4v) is 3.50. The first-order valence-electron chi connectivity index (χ1n) is 9.02. The normalized spacial score (nSPS) is 19.1. The smallest absolute Gasteiger partial charge is 0.272 e. The molecular formula is C18H24N4O4. The van der Waals surface area contributed by atoms with Crippen LogP contribution in [0.25, 0.3) is 0 Å². The third-order valence-electron chi connectivity index (χ3n) is 4.94. The number of ether oxygens (including phenoxy) is 2. The van der Waals surface area contributed by atoms with Crippen LogP contribution in [-0.2, 0) is 22.5 Å². The maximum atomic E-state index is 12.7. The Bertz CT molecular complexity index is 763. The Hall–Kier alpha value is -2.16. The second kappa shape index (κ2) is 7.61. The van der Waals surface area contributed by atoms with E-state index in [1.54, 1.807) is 0 Å². The number of carbonyl (C=O) groups excluding carboxylic acids is 1. The van der Waals surface area contributed by atoms with Gasteiger partial charge in [0.15, 0.2) is 5.69 Å². The van der Waals surface area contributed by atoms with Crippen molar-refractivity contribution in [1.82, 2.24) is 20.4 Å². The van der Waals surface area contributed by atoms with Gasteiger partial charge in [0.2, 0.25) is 0 Å². The molecule has 1 fully saturated rings. The number of rotatable bonds is 5. The van der Waals surface area contributed by atoms with Gasteiger partial charge in [0.1, 0.15) is 11.5 Å². The van der Waals surface area contributed by atoms with Crippen molar-refractivity contribution >= 4 is 5.91 Å². The molecule has 8 nitrogen and oxygen atoms in total. The fraction of sp³-hybridized carbons (Fsp3) is 0.556. The van der Waals surface area contributed by atoms with Crippen LogP contribution in [0.3, 0.4) is 0 Å². The van der Waals surface area contributed by atoms with Gasteiger partial charge in [-0.15, -0.1) is 0 Å². The van der Waals surface area contributed by atoms with Gasteiger partial charge in [-0.05, 0) is 19.1 Å². The zero-order chi connectivity index (χ0) is 17.9. The van der Waals surface area contributed by atoms with E-state index in [-0.39, 0.29) is 11.9 Å². The highest BCUT2D eigenvalue weighted by atomic mass is 16.5. The van der Waals surface area contributed by atoms with E-state index in [9.17, 15) is 4.79 Å². The van der Waals surface area contributed by atoms with E-state index in [1.165, 1.54) is 0 Å². The SMILES string of the molecule is Cc1ccc([C@H](CNC(=O)c2n[nH]c3c2COCC3)N2CCOCC2)o1. The van der Waals surface area contributed by atoms with Crippen LogP contribution < -0.4 is 5.32 Å². The number of hydrogen-bond acceptors (Lipinski definition) is 6. The summed E-state index contributed by atoms with van der Waals surface area (Å²) in [6, 6.07) is 3.90. The summed E-state index contributed by atoms with van der Waals surface area (Å²) in [5.74, 6) is 1.54. The minimum atomic E-state index is -0.186. The molecule has 0 spiro atoms. The topological polar surface area (TPSA) is 92.6 Å². The van der Waals surface area contributed by atoms with Crippen LogP contribution in [0.2, 0.25) is 0 Å². The number of nitrogens with one attached hydrogen (secondary N) is 2. The molecule has 4 heterocycles. The molecule has 1 saturated heterocycles. The second-order valence-electron chi connectivity index (χ2n) is 6.65. The highest BCUT2D eigenvalue weighted by Gasteiger charge is 2.27. The zero-order valence-electron chi connectivity index (χ0n) is 14.9.